The standard InChI is InChI=1S/C65H108O6/c1-4-7-10-13-16-19-22-25-28-31-33-35-37-40-43-46-49-52-55-58-64(67)70-61-62(60-69-63(66)57-54-51-48-45-42-39-36-30-27-24-21-18-15-12-9-6-3)71-65(68)59-56-53-50-47-44-41-38-34-32-29-26-23-20-17-14-11-8-5-2/h7,9-10,12,16,18-19,21,25,27-28,30,33-35,38,40,43,62H,4-6,8,11,13-15,17,20,22-24,26,29,31-32,36-37,39,41-42,44-61H2,1-3H3/b10-7-,12-9-,19-16-,21-18-,28-25-,30-27-,35-33-,38-34-,43-40-. The van der Waals surface area contributed by atoms with Gasteiger partial charge in [-0.3, -0.25) is 14.4 Å². The number of ether oxygens (including phenoxy) is 3. The highest BCUT2D eigenvalue weighted by Gasteiger charge is 2.19. The molecule has 1 atom stereocenters. The van der Waals surface area contributed by atoms with Crippen molar-refractivity contribution in [2.45, 2.75) is 271 Å². The highest BCUT2D eigenvalue weighted by atomic mass is 16.6. The molecule has 0 aliphatic heterocycles. The summed E-state index contributed by atoms with van der Waals surface area (Å²) in [4.78, 5) is 38.2. The molecular formula is C65H108O6. The van der Waals surface area contributed by atoms with E-state index in [4.69, 9.17) is 14.2 Å². The van der Waals surface area contributed by atoms with Gasteiger partial charge in [-0.2, -0.15) is 0 Å². The predicted octanol–water partition coefficient (Wildman–Crippen LogP) is 19.9. The minimum atomic E-state index is -0.805. The second-order valence-electron chi connectivity index (χ2n) is 19.1. The summed E-state index contributed by atoms with van der Waals surface area (Å²) >= 11 is 0. The summed E-state index contributed by atoms with van der Waals surface area (Å²) in [5.74, 6) is -0.951. The molecule has 0 aromatic carbocycles. The van der Waals surface area contributed by atoms with Crippen LogP contribution in [0.1, 0.15) is 265 Å². The van der Waals surface area contributed by atoms with Crippen LogP contribution in [0, 0.1) is 0 Å². The first kappa shape index (κ1) is 67.1. The van der Waals surface area contributed by atoms with E-state index in [-0.39, 0.29) is 31.1 Å². The van der Waals surface area contributed by atoms with Crippen molar-refractivity contribution in [2.75, 3.05) is 13.2 Å². The molecule has 0 saturated heterocycles. The quantitative estimate of drug-likeness (QED) is 0.0261. The fourth-order valence-corrected chi connectivity index (χ4v) is 7.89. The lowest BCUT2D eigenvalue weighted by atomic mass is 10.1. The second kappa shape index (κ2) is 58.6. The van der Waals surface area contributed by atoms with Crippen molar-refractivity contribution in [2.24, 2.45) is 0 Å². The van der Waals surface area contributed by atoms with Gasteiger partial charge in [0.1, 0.15) is 13.2 Å². The molecule has 6 nitrogen and oxygen atoms in total. The lowest BCUT2D eigenvalue weighted by Gasteiger charge is -2.18. The first-order valence-electron chi connectivity index (χ1n) is 29.4. The molecule has 0 bridgehead atoms. The Morgan fingerprint density at radius 3 is 0.887 bits per heavy atom. The third kappa shape index (κ3) is 56.9. The Kier molecular flexibility index (Phi) is 55.4. The Labute approximate surface area is 438 Å². The summed E-state index contributed by atoms with van der Waals surface area (Å²) in [7, 11) is 0. The highest BCUT2D eigenvalue weighted by molar-refractivity contribution is 5.71. The number of hydrogen-bond donors (Lipinski definition) is 0. The molecule has 0 amide bonds. The van der Waals surface area contributed by atoms with Gasteiger partial charge in [0.15, 0.2) is 6.10 Å². The van der Waals surface area contributed by atoms with Crippen LogP contribution >= 0.6 is 0 Å². The molecule has 71 heavy (non-hydrogen) atoms. The molecule has 0 aliphatic carbocycles. The fraction of sp³-hybridized carbons (Fsp3) is 0.677. The number of unbranched alkanes of at least 4 members (excludes halogenated alkanes) is 23. The van der Waals surface area contributed by atoms with Gasteiger partial charge >= 0.3 is 17.9 Å². The largest absolute Gasteiger partial charge is 0.462 e. The number of rotatable bonds is 52. The zero-order valence-electron chi connectivity index (χ0n) is 46.2. The third-order valence-corrected chi connectivity index (χ3v) is 12.2. The van der Waals surface area contributed by atoms with Crippen LogP contribution in [0.15, 0.2) is 109 Å². The molecule has 0 aromatic rings. The number of carbonyl (C=O) groups excluding carboxylic acids is 3. The van der Waals surface area contributed by atoms with Gasteiger partial charge in [-0.15, -0.1) is 0 Å². The van der Waals surface area contributed by atoms with Gasteiger partial charge in [0, 0.05) is 19.3 Å². The first-order valence-corrected chi connectivity index (χ1v) is 29.4. The molecular weight excluding hydrogens is 877 g/mol. The smallest absolute Gasteiger partial charge is 0.306 e. The molecule has 6 heteroatoms. The number of allylic oxidation sites excluding steroid dienone is 18. The molecule has 0 N–H and O–H groups in total. The Morgan fingerprint density at radius 2 is 0.549 bits per heavy atom. The van der Waals surface area contributed by atoms with Crippen molar-refractivity contribution >= 4 is 17.9 Å². The van der Waals surface area contributed by atoms with Crippen LogP contribution in [0.2, 0.25) is 0 Å². The summed E-state index contributed by atoms with van der Waals surface area (Å²) in [6, 6.07) is 0. The van der Waals surface area contributed by atoms with Gasteiger partial charge in [0.05, 0.1) is 0 Å². The van der Waals surface area contributed by atoms with E-state index in [9.17, 15) is 14.4 Å². The topological polar surface area (TPSA) is 78.9 Å². The molecule has 0 spiro atoms. The summed E-state index contributed by atoms with van der Waals surface area (Å²) in [6.45, 7) is 6.38. The Bertz CT molecular complexity index is 1460. The van der Waals surface area contributed by atoms with E-state index in [0.29, 0.717) is 19.3 Å². The van der Waals surface area contributed by atoms with E-state index in [2.05, 4.69) is 130 Å². The molecule has 0 saturated carbocycles. The van der Waals surface area contributed by atoms with Crippen LogP contribution in [0.25, 0.3) is 0 Å². The van der Waals surface area contributed by atoms with E-state index in [1.807, 2.05) is 0 Å². The van der Waals surface area contributed by atoms with Crippen molar-refractivity contribution in [1.82, 2.24) is 0 Å². The molecule has 0 fully saturated rings. The number of hydrogen-bond acceptors (Lipinski definition) is 6. The fourth-order valence-electron chi connectivity index (χ4n) is 7.89. The van der Waals surface area contributed by atoms with Crippen LogP contribution in [-0.2, 0) is 28.6 Å². The number of esters is 3. The van der Waals surface area contributed by atoms with Crippen molar-refractivity contribution in [3.05, 3.63) is 109 Å². The van der Waals surface area contributed by atoms with Crippen molar-refractivity contribution in [3.63, 3.8) is 0 Å². The normalized spacial score (nSPS) is 12.9. The summed E-state index contributed by atoms with van der Waals surface area (Å²) < 4.78 is 16.8. The van der Waals surface area contributed by atoms with E-state index in [1.54, 1.807) is 0 Å². The van der Waals surface area contributed by atoms with Crippen LogP contribution in [0.4, 0.5) is 0 Å². The lowest BCUT2D eigenvalue weighted by Crippen LogP contribution is -2.30. The average Bonchev–Trinajstić information content (AvgIpc) is 3.37. The summed E-state index contributed by atoms with van der Waals surface area (Å²) in [5.41, 5.74) is 0. The Hall–Kier alpha value is -3.93. The molecule has 0 heterocycles. The predicted molar refractivity (Wildman–Crippen MR) is 307 cm³/mol. The summed E-state index contributed by atoms with van der Waals surface area (Å²) in [6.07, 6.45) is 79.3. The zero-order chi connectivity index (χ0) is 51.4. The average molecular weight is 986 g/mol. The molecule has 0 rings (SSSR count). The van der Waals surface area contributed by atoms with E-state index in [0.717, 1.165) is 141 Å². The van der Waals surface area contributed by atoms with E-state index < -0.39 is 6.10 Å². The number of carbonyl (C=O) groups is 3. The third-order valence-electron chi connectivity index (χ3n) is 12.2. The minimum absolute atomic E-state index is 0.100. The van der Waals surface area contributed by atoms with Gasteiger partial charge < -0.3 is 14.2 Å². The molecule has 0 radical (unpaired) electrons. The molecule has 1 unspecified atom stereocenters. The van der Waals surface area contributed by atoms with Gasteiger partial charge in [-0.25, -0.2) is 0 Å². The van der Waals surface area contributed by atoms with Gasteiger partial charge in [0.25, 0.3) is 0 Å². The Morgan fingerprint density at radius 1 is 0.296 bits per heavy atom. The highest BCUT2D eigenvalue weighted by Crippen LogP contribution is 2.14. The monoisotopic (exact) mass is 985 g/mol. The maximum atomic E-state index is 12.9. The van der Waals surface area contributed by atoms with Gasteiger partial charge in [-0.1, -0.05) is 233 Å². The second-order valence-corrected chi connectivity index (χ2v) is 19.1. The lowest BCUT2D eigenvalue weighted by molar-refractivity contribution is -0.167. The summed E-state index contributed by atoms with van der Waals surface area (Å²) in [5, 5.41) is 0. The van der Waals surface area contributed by atoms with Crippen LogP contribution < -0.4 is 0 Å². The minimum Gasteiger partial charge on any atom is -0.462 e. The van der Waals surface area contributed by atoms with E-state index in [1.165, 1.54) is 83.5 Å². The van der Waals surface area contributed by atoms with E-state index >= 15 is 0 Å². The van der Waals surface area contributed by atoms with Crippen molar-refractivity contribution < 1.29 is 28.6 Å². The Balaban J connectivity index is 4.49. The van der Waals surface area contributed by atoms with Gasteiger partial charge in [-0.05, 0) is 122 Å². The first-order chi connectivity index (χ1) is 35.0. The molecule has 0 aliphatic rings. The maximum absolute atomic E-state index is 12.9. The van der Waals surface area contributed by atoms with Gasteiger partial charge in [0.2, 0.25) is 0 Å². The molecule has 0 aromatic heterocycles. The van der Waals surface area contributed by atoms with Crippen LogP contribution in [0.5, 0.6) is 0 Å². The maximum Gasteiger partial charge on any atom is 0.306 e. The molecule has 404 valence electrons. The SMILES string of the molecule is CC/C=C\C/C=C\C/C=C\C/C=C\C/C=C\CCCCCC(=O)OCC(COC(=O)CCCCCCCC/C=C\C/C=C\C/C=C\CC)OC(=O)CCCCCCC/C=C\CCCCCCCCCCC. The van der Waals surface area contributed by atoms with Crippen molar-refractivity contribution in [1.29, 1.82) is 0 Å². The van der Waals surface area contributed by atoms with Crippen molar-refractivity contribution in [3.8, 4) is 0 Å². The zero-order valence-corrected chi connectivity index (χ0v) is 46.2. The van der Waals surface area contributed by atoms with Crippen LogP contribution in [0.3, 0.4) is 0 Å². The van der Waals surface area contributed by atoms with Crippen LogP contribution in [-0.4, -0.2) is 37.2 Å².